The number of hydrogen-bond donors (Lipinski definition) is 1. The molecule has 0 atom stereocenters. The molecule has 1 N–H and O–H groups in total. The van der Waals surface area contributed by atoms with Crippen LogP contribution in [0.2, 0.25) is 0 Å². The summed E-state index contributed by atoms with van der Waals surface area (Å²) >= 11 is 0. The van der Waals surface area contributed by atoms with Crippen molar-refractivity contribution in [3.63, 3.8) is 0 Å². The Morgan fingerprint density at radius 1 is 1.19 bits per heavy atom. The van der Waals surface area contributed by atoms with Gasteiger partial charge in [0.2, 0.25) is 0 Å². The minimum absolute atomic E-state index is 0.127. The summed E-state index contributed by atoms with van der Waals surface area (Å²) in [5.41, 5.74) is 3.75. The number of para-hydroxylation sites is 1. The molecule has 0 aliphatic rings. The SMILES string of the molecule is COc1c(C)ccc(NCc2ccccc2[N+](=O)[O-])c1C. The summed E-state index contributed by atoms with van der Waals surface area (Å²) in [4.78, 5) is 10.6. The van der Waals surface area contributed by atoms with Crippen molar-refractivity contribution in [1.29, 1.82) is 0 Å². The maximum atomic E-state index is 11.0. The molecule has 21 heavy (non-hydrogen) atoms. The van der Waals surface area contributed by atoms with E-state index in [1.54, 1.807) is 25.3 Å². The zero-order valence-electron chi connectivity index (χ0n) is 12.3. The van der Waals surface area contributed by atoms with Gasteiger partial charge in [0.1, 0.15) is 5.75 Å². The predicted octanol–water partition coefficient (Wildman–Crippen LogP) is 3.83. The molecule has 0 spiro atoms. The van der Waals surface area contributed by atoms with Gasteiger partial charge < -0.3 is 10.1 Å². The van der Waals surface area contributed by atoms with Crippen molar-refractivity contribution in [3.8, 4) is 5.75 Å². The number of nitro benzene ring substituents is 1. The molecular weight excluding hydrogens is 268 g/mol. The van der Waals surface area contributed by atoms with Crippen LogP contribution in [0.1, 0.15) is 16.7 Å². The average Bonchev–Trinajstić information content (AvgIpc) is 2.47. The molecule has 0 fully saturated rings. The smallest absolute Gasteiger partial charge is 0.274 e. The van der Waals surface area contributed by atoms with Crippen LogP contribution >= 0.6 is 0 Å². The van der Waals surface area contributed by atoms with Crippen molar-refractivity contribution in [3.05, 3.63) is 63.2 Å². The largest absolute Gasteiger partial charge is 0.496 e. The summed E-state index contributed by atoms with van der Waals surface area (Å²) < 4.78 is 5.38. The van der Waals surface area contributed by atoms with E-state index in [1.165, 1.54) is 6.07 Å². The molecule has 5 heteroatoms. The van der Waals surface area contributed by atoms with Gasteiger partial charge in [-0.25, -0.2) is 0 Å². The molecule has 0 unspecified atom stereocenters. The van der Waals surface area contributed by atoms with Crippen molar-refractivity contribution in [2.24, 2.45) is 0 Å². The topological polar surface area (TPSA) is 64.4 Å². The third-order valence-electron chi connectivity index (χ3n) is 3.46. The van der Waals surface area contributed by atoms with E-state index in [-0.39, 0.29) is 10.6 Å². The first kappa shape index (κ1) is 14.8. The maximum Gasteiger partial charge on any atom is 0.274 e. The molecule has 2 aromatic carbocycles. The average molecular weight is 286 g/mol. The second kappa shape index (κ2) is 6.26. The van der Waals surface area contributed by atoms with E-state index in [2.05, 4.69) is 5.32 Å². The zero-order chi connectivity index (χ0) is 15.4. The number of benzene rings is 2. The van der Waals surface area contributed by atoms with Crippen molar-refractivity contribution < 1.29 is 9.66 Å². The first-order chi connectivity index (χ1) is 10.0. The van der Waals surface area contributed by atoms with Gasteiger partial charge in [0, 0.05) is 29.4 Å². The van der Waals surface area contributed by atoms with E-state index in [4.69, 9.17) is 4.74 Å². The minimum atomic E-state index is -0.362. The van der Waals surface area contributed by atoms with Crippen LogP contribution in [-0.4, -0.2) is 12.0 Å². The molecule has 2 rings (SSSR count). The summed E-state index contributed by atoms with van der Waals surface area (Å²) in [5.74, 6) is 0.836. The van der Waals surface area contributed by atoms with Gasteiger partial charge in [-0.05, 0) is 25.5 Å². The molecule has 5 nitrogen and oxygen atoms in total. The Morgan fingerprint density at radius 2 is 1.90 bits per heavy atom. The lowest BCUT2D eigenvalue weighted by molar-refractivity contribution is -0.385. The first-order valence-electron chi connectivity index (χ1n) is 6.65. The predicted molar refractivity (Wildman–Crippen MR) is 82.9 cm³/mol. The van der Waals surface area contributed by atoms with Gasteiger partial charge in [0.15, 0.2) is 0 Å². The fourth-order valence-corrected chi connectivity index (χ4v) is 2.36. The Hall–Kier alpha value is -2.56. The van der Waals surface area contributed by atoms with Crippen LogP contribution in [0, 0.1) is 24.0 Å². The lowest BCUT2D eigenvalue weighted by Gasteiger charge is -2.14. The number of rotatable bonds is 5. The highest BCUT2D eigenvalue weighted by Crippen LogP contribution is 2.30. The molecule has 0 bridgehead atoms. The fraction of sp³-hybridized carbons (Fsp3) is 0.250. The minimum Gasteiger partial charge on any atom is -0.496 e. The first-order valence-corrected chi connectivity index (χ1v) is 6.65. The lowest BCUT2D eigenvalue weighted by Crippen LogP contribution is -2.05. The molecule has 0 radical (unpaired) electrons. The Labute approximate surface area is 123 Å². The highest BCUT2D eigenvalue weighted by atomic mass is 16.6. The summed E-state index contributed by atoms with van der Waals surface area (Å²) in [6.45, 7) is 4.34. The van der Waals surface area contributed by atoms with Gasteiger partial charge in [-0.15, -0.1) is 0 Å². The fourth-order valence-electron chi connectivity index (χ4n) is 2.36. The number of methoxy groups -OCH3 is 1. The molecule has 0 saturated heterocycles. The Kier molecular flexibility index (Phi) is 4.42. The Balaban J connectivity index is 2.23. The molecule has 0 aliphatic heterocycles. The number of nitrogens with zero attached hydrogens (tertiary/aromatic N) is 1. The van der Waals surface area contributed by atoms with E-state index in [0.29, 0.717) is 12.1 Å². The molecule has 0 aliphatic carbocycles. The summed E-state index contributed by atoms with van der Waals surface area (Å²) in [7, 11) is 1.64. The summed E-state index contributed by atoms with van der Waals surface area (Å²) in [6.07, 6.45) is 0. The number of nitro groups is 1. The van der Waals surface area contributed by atoms with Crippen molar-refractivity contribution in [2.75, 3.05) is 12.4 Å². The van der Waals surface area contributed by atoms with Gasteiger partial charge in [-0.2, -0.15) is 0 Å². The third-order valence-corrected chi connectivity index (χ3v) is 3.46. The van der Waals surface area contributed by atoms with Crippen LogP contribution in [0.3, 0.4) is 0 Å². The van der Waals surface area contributed by atoms with Crippen molar-refractivity contribution in [1.82, 2.24) is 0 Å². The van der Waals surface area contributed by atoms with Crippen molar-refractivity contribution >= 4 is 11.4 Å². The zero-order valence-corrected chi connectivity index (χ0v) is 12.3. The Bertz CT molecular complexity index is 669. The number of anilines is 1. The van der Waals surface area contributed by atoms with Crippen LogP contribution in [0.25, 0.3) is 0 Å². The molecule has 2 aromatic rings. The number of hydrogen-bond acceptors (Lipinski definition) is 4. The van der Waals surface area contributed by atoms with Crippen LogP contribution in [-0.2, 0) is 6.54 Å². The van der Waals surface area contributed by atoms with Gasteiger partial charge >= 0.3 is 0 Å². The van der Waals surface area contributed by atoms with E-state index in [0.717, 1.165) is 22.6 Å². The number of aryl methyl sites for hydroxylation is 1. The lowest BCUT2D eigenvalue weighted by atomic mass is 10.1. The van der Waals surface area contributed by atoms with Crippen LogP contribution in [0.15, 0.2) is 36.4 Å². The molecule has 0 saturated carbocycles. The van der Waals surface area contributed by atoms with Gasteiger partial charge in [-0.3, -0.25) is 10.1 Å². The Morgan fingerprint density at radius 3 is 2.57 bits per heavy atom. The molecular formula is C16H18N2O3. The van der Waals surface area contributed by atoms with Crippen LogP contribution in [0.4, 0.5) is 11.4 Å². The summed E-state index contributed by atoms with van der Waals surface area (Å²) in [6, 6.07) is 10.7. The van der Waals surface area contributed by atoms with Gasteiger partial charge in [0.05, 0.1) is 12.0 Å². The van der Waals surface area contributed by atoms with Crippen LogP contribution in [0.5, 0.6) is 5.75 Å². The quantitative estimate of drug-likeness (QED) is 0.670. The highest BCUT2D eigenvalue weighted by Gasteiger charge is 2.13. The van der Waals surface area contributed by atoms with E-state index >= 15 is 0 Å². The second-order valence-electron chi connectivity index (χ2n) is 4.83. The standard InChI is InChI=1S/C16H18N2O3/c1-11-8-9-14(12(2)16(11)21-3)17-10-13-6-4-5-7-15(13)18(19)20/h4-9,17H,10H2,1-3H3. The number of nitrogens with one attached hydrogen (secondary N) is 1. The normalized spacial score (nSPS) is 10.2. The second-order valence-corrected chi connectivity index (χ2v) is 4.83. The van der Waals surface area contributed by atoms with Gasteiger partial charge in [0.25, 0.3) is 5.69 Å². The van der Waals surface area contributed by atoms with Gasteiger partial charge in [-0.1, -0.05) is 24.3 Å². The molecule has 110 valence electrons. The molecule has 0 aromatic heterocycles. The van der Waals surface area contributed by atoms with E-state index < -0.39 is 0 Å². The number of ether oxygens (including phenoxy) is 1. The molecule has 0 amide bonds. The summed E-state index contributed by atoms with van der Waals surface area (Å²) in [5, 5.41) is 14.2. The highest BCUT2D eigenvalue weighted by molar-refractivity contribution is 5.60. The van der Waals surface area contributed by atoms with E-state index in [9.17, 15) is 10.1 Å². The third kappa shape index (κ3) is 3.13. The van der Waals surface area contributed by atoms with Crippen LogP contribution < -0.4 is 10.1 Å². The maximum absolute atomic E-state index is 11.0. The van der Waals surface area contributed by atoms with Crippen molar-refractivity contribution in [2.45, 2.75) is 20.4 Å². The monoisotopic (exact) mass is 286 g/mol. The van der Waals surface area contributed by atoms with E-state index in [1.807, 2.05) is 26.0 Å². The molecule has 0 heterocycles.